The van der Waals surface area contributed by atoms with Crippen molar-refractivity contribution in [2.75, 3.05) is 19.7 Å². The van der Waals surface area contributed by atoms with E-state index in [1.165, 1.54) is 4.57 Å². The van der Waals surface area contributed by atoms with Crippen molar-refractivity contribution < 1.29 is 9.53 Å². The zero-order valence-corrected chi connectivity index (χ0v) is 17.4. The Labute approximate surface area is 174 Å². The summed E-state index contributed by atoms with van der Waals surface area (Å²) >= 11 is 12.4. The molecule has 1 atom stereocenters. The highest BCUT2D eigenvalue weighted by atomic mass is 35.5. The number of rotatable bonds is 6. The Balaban J connectivity index is 1.80. The molecule has 0 saturated carbocycles. The molecule has 0 aliphatic carbocycles. The molecule has 2 aromatic rings. The fraction of sp³-hybridized carbons (Fsp3) is 0.429. The van der Waals surface area contributed by atoms with Crippen LogP contribution >= 0.6 is 23.2 Å². The van der Waals surface area contributed by atoms with Crippen LogP contribution < -0.4 is 5.56 Å². The quantitative estimate of drug-likeness (QED) is 0.699. The van der Waals surface area contributed by atoms with Crippen LogP contribution in [0.1, 0.15) is 42.1 Å². The molecule has 1 aliphatic rings. The lowest BCUT2D eigenvalue weighted by Crippen LogP contribution is -2.45. The van der Waals surface area contributed by atoms with Crippen molar-refractivity contribution in [1.29, 1.82) is 0 Å². The third kappa shape index (κ3) is 4.77. The van der Waals surface area contributed by atoms with Crippen molar-refractivity contribution in [2.24, 2.45) is 0 Å². The van der Waals surface area contributed by atoms with Gasteiger partial charge in [-0.05, 0) is 43.5 Å². The van der Waals surface area contributed by atoms with Gasteiger partial charge in [0.2, 0.25) is 0 Å². The third-order valence-electron chi connectivity index (χ3n) is 4.86. The van der Waals surface area contributed by atoms with Gasteiger partial charge in [-0.1, -0.05) is 36.2 Å². The molecule has 1 unspecified atom stereocenters. The maximum atomic E-state index is 13.0. The second kappa shape index (κ2) is 9.59. The van der Waals surface area contributed by atoms with E-state index in [-0.39, 0.29) is 29.7 Å². The van der Waals surface area contributed by atoms with E-state index in [1.54, 1.807) is 41.4 Å². The Kier molecular flexibility index (Phi) is 7.16. The van der Waals surface area contributed by atoms with Crippen molar-refractivity contribution in [1.82, 2.24) is 9.47 Å². The molecule has 0 N–H and O–H groups in total. The van der Waals surface area contributed by atoms with Crippen molar-refractivity contribution in [3.05, 3.63) is 68.1 Å². The Hall–Kier alpha value is -1.82. The van der Waals surface area contributed by atoms with Crippen molar-refractivity contribution in [3.63, 3.8) is 0 Å². The van der Waals surface area contributed by atoms with Crippen LogP contribution in [0.5, 0.6) is 0 Å². The van der Waals surface area contributed by atoms with Crippen LogP contribution in [-0.2, 0) is 11.3 Å². The van der Waals surface area contributed by atoms with Crippen LogP contribution in [0.2, 0.25) is 10.0 Å². The van der Waals surface area contributed by atoms with E-state index in [1.807, 2.05) is 0 Å². The van der Waals surface area contributed by atoms with Crippen LogP contribution in [0.4, 0.5) is 0 Å². The van der Waals surface area contributed by atoms with Crippen LogP contribution in [0.25, 0.3) is 0 Å². The van der Waals surface area contributed by atoms with Gasteiger partial charge in [0.25, 0.3) is 11.5 Å². The predicted molar refractivity (Wildman–Crippen MR) is 111 cm³/mol. The van der Waals surface area contributed by atoms with E-state index >= 15 is 0 Å². The average Bonchev–Trinajstić information content (AvgIpc) is 2.70. The molecule has 0 spiro atoms. The molecule has 1 aromatic heterocycles. The second-order valence-electron chi connectivity index (χ2n) is 6.94. The average molecular weight is 423 g/mol. The molecule has 2 heterocycles. The minimum Gasteiger partial charge on any atom is -0.376 e. The van der Waals surface area contributed by atoms with Crippen molar-refractivity contribution in [2.45, 2.75) is 38.8 Å². The summed E-state index contributed by atoms with van der Waals surface area (Å²) in [6.45, 7) is 4.10. The molecule has 1 saturated heterocycles. The number of ether oxygens (including phenoxy) is 1. The maximum Gasteiger partial charge on any atom is 0.263 e. The summed E-state index contributed by atoms with van der Waals surface area (Å²) < 4.78 is 7.27. The zero-order valence-electron chi connectivity index (χ0n) is 15.9. The monoisotopic (exact) mass is 422 g/mol. The standard InChI is InChI=1S/C21H24Cl2N2O3/c1-2-12-28-15-6-4-10-24(13-15)20(26)16-7-5-11-25(21(16)27)14-17-18(22)8-3-9-19(17)23/h3,5,7-9,11,15H,2,4,6,10,12-14H2,1H3. The summed E-state index contributed by atoms with van der Waals surface area (Å²) in [6.07, 6.45) is 4.43. The highest BCUT2D eigenvalue weighted by molar-refractivity contribution is 6.35. The van der Waals surface area contributed by atoms with E-state index < -0.39 is 0 Å². The summed E-state index contributed by atoms with van der Waals surface area (Å²) in [4.78, 5) is 27.6. The Morgan fingerprint density at radius 2 is 1.96 bits per heavy atom. The number of amides is 1. The minimum atomic E-state index is -0.347. The van der Waals surface area contributed by atoms with E-state index in [4.69, 9.17) is 27.9 Å². The Morgan fingerprint density at radius 3 is 2.68 bits per heavy atom. The normalized spacial score (nSPS) is 17.0. The molecule has 5 nitrogen and oxygen atoms in total. The van der Waals surface area contributed by atoms with E-state index in [9.17, 15) is 9.59 Å². The first-order valence-corrected chi connectivity index (χ1v) is 10.3. The SMILES string of the molecule is CCCOC1CCCN(C(=O)c2cccn(Cc3c(Cl)cccc3Cl)c2=O)C1. The molecule has 1 aliphatic heterocycles. The van der Waals surface area contributed by atoms with Crippen LogP contribution in [0.15, 0.2) is 41.3 Å². The number of nitrogens with zero attached hydrogens (tertiary/aromatic N) is 2. The number of aromatic nitrogens is 1. The molecular weight excluding hydrogens is 399 g/mol. The lowest BCUT2D eigenvalue weighted by Gasteiger charge is -2.32. The van der Waals surface area contributed by atoms with Crippen molar-refractivity contribution >= 4 is 29.1 Å². The number of halogens is 2. The number of hydrogen-bond acceptors (Lipinski definition) is 3. The largest absolute Gasteiger partial charge is 0.376 e. The first-order valence-electron chi connectivity index (χ1n) is 9.54. The van der Waals surface area contributed by atoms with E-state index in [0.717, 1.165) is 19.3 Å². The lowest BCUT2D eigenvalue weighted by atomic mass is 10.1. The zero-order chi connectivity index (χ0) is 20.1. The summed E-state index contributed by atoms with van der Waals surface area (Å²) in [6, 6.07) is 8.49. The van der Waals surface area contributed by atoms with Gasteiger partial charge in [-0.25, -0.2) is 0 Å². The van der Waals surface area contributed by atoms with Gasteiger partial charge in [-0.2, -0.15) is 0 Å². The van der Waals surface area contributed by atoms with E-state index in [2.05, 4.69) is 6.92 Å². The number of benzene rings is 1. The number of pyridine rings is 1. The molecule has 1 aromatic carbocycles. The smallest absolute Gasteiger partial charge is 0.263 e. The van der Waals surface area contributed by atoms with Crippen LogP contribution in [0, 0.1) is 0 Å². The second-order valence-corrected chi connectivity index (χ2v) is 7.76. The molecule has 1 amide bonds. The topological polar surface area (TPSA) is 51.5 Å². The molecule has 150 valence electrons. The van der Waals surface area contributed by atoms with Gasteiger partial charge in [0.05, 0.1) is 12.6 Å². The summed E-state index contributed by atoms with van der Waals surface area (Å²) in [5.74, 6) is -0.255. The third-order valence-corrected chi connectivity index (χ3v) is 5.57. The highest BCUT2D eigenvalue weighted by Gasteiger charge is 2.26. The summed E-state index contributed by atoms with van der Waals surface area (Å²) in [5, 5.41) is 0.978. The minimum absolute atomic E-state index is 0.0329. The van der Waals surface area contributed by atoms with Gasteiger partial charge in [-0.15, -0.1) is 0 Å². The summed E-state index contributed by atoms with van der Waals surface area (Å²) in [5.41, 5.74) is 0.463. The van der Waals surface area contributed by atoms with Crippen LogP contribution in [-0.4, -0.2) is 41.2 Å². The first kappa shape index (κ1) is 20.9. The fourth-order valence-corrected chi connectivity index (χ4v) is 3.91. The van der Waals surface area contributed by atoms with Gasteiger partial charge in [-0.3, -0.25) is 9.59 Å². The van der Waals surface area contributed by atoms with Crippen molar-refractivity contribution in [3.8, 4) is 0 Å². The number of likely N-dealkylation sites (tertiary alicyclic amines) is 1. The molecule has 0 radical (unpaired) electrons. The number of piperidine rings is 1. The van der Waals surface area contributed by atoms with Gasteiger partial charge >= 0.3 is 0 Å². The molecule has 1 fully saturated rings. The molecular formula is C21H24Cl2N2O3. The highest BCUT2D eigenvalue weighted by Crippen LogP contribution is 2.24. The van der Waals surface area contributed by atoms with Gasteiger partial charge in [0, 0.05) is 41.5 Å². The van der Waals surface area contributed by atoms with Gasteiger partial charge in [0.15, 0.2) is 0 Å². The number of carbonyl (C=O) groups excluding carboxylic acids is 1. The van der Waals surface area contributed by atoms with E-state index in [0.29, 0.717) is 35.3 Å². The fourth-order valence-electron chi connectivity index (χ4n) is 3.39. The summed E-state index contributed by atoms with van der Waals surface area (Å²) in [7, 11) is 0. The van der Waals surface area contributed by atoms with Gasteiger partial charge < -0.3 is 14.2 Å². The molecule has 0 bridgehead atoms. The number of carbonyl (C=O) groups is 1. The first-order chi connectivity index (χ1) is 13.5. The van der Waals surface area contributed by atoms with Gasteiger partial charge in [0.1, 0.15) is 5.56 Å². The molecule has 28 heavy (non-hydrogen) atoms. The lowest BCUT2D eigenvalue weighted by molar-refractivity contribution is 0.00203. The molecule has 7 heteroatoms. The predicted octanol–water partition coefficient (Wildman–Crippen LogP) is 4.23. The Morgan fingerprint density at radius 1 is 1.21 bits per heavy atom. The number of hydrogen-bond donors (Lipinski definition) is 0. The Bertz CT molecular complexity index is 877. The van der Waals surface area contributed by atoms with Crippen LogP contribution in [0.3, 0.4) is 0 Å². The maximum absolute atomic E-state index is 13.0. The molecule has 3 rings (SSSR count).